The van der Waals surface area contributed by atoms with Crippen LogP contribution in [0.5, 0.6) is 5.75 Å². The van der Waals surface area contributed by atoms with E-state index in [9.17, 15) is 5.26 Å². The SMILES string of the molecule is C[N+]1(CCOc2ccccc2/C=C(\C#N)c2noc3ccccc23)CCOCC1.[I-]. The Morgan fingerprint density at radius 2 is 1.90 bits per heavy atom. The molecule has 7 heteroatoms. The van der Waals surface area contributed by atoms with Crippen LogP contribution < -0.4 is 28.7 Å². The summed E-state index contributed by atoms with van der Waals surface area (Å²) in [5.41, 5.74) is 2.50. The Bertz CT molecular complexity index is 1060. The van der Waals surface area contributed by atoms with Gasteiger partial charge in [-0.2, -0.15) is 5.26 Å². The predicted molar refractivity (Wildman–Crippen MR) is 111 cm³/mol. The standard InChI is InChI=1S/C23H24N3O3.HI/c1-26(10-13-27-14-11-26)12-15-28-21-8-4-2-6-18(21)16-19(17-24)23-20-7-3-5-9-22(20)29-25-23;/h2-9,16H,10-15H2,1H3;1H/q+1;/p-1/b19-16+;. The minimum Gasteiger partial charge on any atom is -1.00 e. The second-order valence-corrected chi connectivity index (χ2v) is 7.49. The predicted octanol–water partition coefficient (Wildman–Crippen LogP) is 0.752. The number of morpholine rings is 1. The quantitative estimate of drug-likeness (QED) is 0.275. The first kappa shape index (κ1) is 22.3. The van der Waals surface area contributed by atoms with Crippen LogP contribution in [0, 0.1) is 11.3 Å². The molecule has 0 spiro atoms. The van der Waals surface area contributed by atoms with Crippen LogP contribution in [0.1, 0.15) is 11.3 Å². The zero-order chi connectivity index (χ0) is 20.1. The van der Waals surface area contributed by atoms with Gasteiger partial charge >= 0.3 is 0 Å². The van der Waals surface area contributed by atoms with Crippen LogP contribution in [0.2, 0.25) is 0 Å². The van der Waals surface area contributed by atoms with Gasteiger partial charge in [0.2, 0.25) is 0 Å². The molecule has 1 aromatic heterocycles. The van der Waals surface area contributed by atoms with E-state index in [-0.39, 0.29) is 24.0 Å². The molecule has 1 aliphatic rings. The highest BCUT2D eigenvalue weighted by Gasteiger charge is 2.25. The zero-order valence-electron chi connectivity index (χ0n) is 16.9. The van der Waals surface area contributed by atoms with Gasteiger partial charge in [0.1, 0.15) is 43.8 Å². The zero-order valence-corrected chi connectivity index (χ0v) is 19.0. The first-order valence-electron chi connectivity index (χ1n) is 9.78. The van der Waals surface area contributed by atoms with E-state index in [1.54, 1.807) is 0 Å². The van der Waals surface area contributed by atoms with Crippen molar-refractivity contribution in [1.29, 1.82) is 5.26 Å². The number of ether oxygens (including phenoxy) is 2. The number of allylic oxidation sites excluding steroid dienone is 1. The van der Waals surface area contributed by atoms with Crippen molar-refractivity contribution in [3.05, 3.63) is 59.8 Å². The van der Waals surface area contributed by atoms with Crippen molar-refractivity contribution >= 4 is 22.6 Å². The average Bonchev–Trinajstić information content (AvgIpc) is 3.17. The number of hydrogen-bond donors (Lipinski definition) is 0. The Morgan fingerprint density at radius 3 is 2.70 bits per heavy atom. The average molecular weight is 517 g/mol. The fourth-order valence-corrected chi connectivity index (χ4v) is 3.50. The van der Waals surface area contributed by atoms with Crippen LogP contribution in [0.3, 0.4) is 0 Å². The molecule has 0 N–H and O–H groups in total. The van der Waals surface area contributed by atoms with Gasteiger partial charge in [-0.25, -0.2) is 0 Å². The molecular weight excluding hydrogens is 493 g/mol. The van der Waals surface area contributed by atoms with Crippen LogP contribution in [-0.2, 0) is 4.74 Å². The highest BCUT2D eigenvalue weighted by molar-refractivity contribution is 5.99. The van der Waals surface area contributed by atoms with Gasteiger partial charge in [-0.15, -0.1) is 0 Å². The minimum absolute atomic E-state index is 0. The van der Waals surface area contributed by atoms with E-state index in [4.69, 9.17) is 14.0 Å². The lowest BCUT2D eigenvalue weighted by molar-refractivity contribution is -0.916. The molecule has 0 amide bonds. The van der Waals surface area contributed by atoms with Crippen molar-refractivity contribution in [1.82, 2.24) is 5.16 Å². The van der Waals surface area contributed by atoms with Gasteiger partial charge in [-0.3, -0.25) is 0 Å². The molecule has 1 aliphatic heterocycles. The van der Waals surface area contributed by atoms with Crippen molar-refractivity contribution in [3.63, 3.8) is 0 Å². The number of halogens is 1. The molecule has 0 unspecified atom stereocenters. The molecule has 30 heavy (non-hydrogen) atoms. The van der Waals surface area contributed by atoms with E-state index in [0.29, 0.717) is 23.5 Å². The van der Waals surface area contributed by atoms with Crippen LogP contribution >= 0.6 is 0 Å². The summed E-state index contributed by atoms with van der Waals surface area (Å²) in [6.45, 7) is 5.13. The number of para-hydroxylation sites is 2. The molecule has 2 heterocycles. The summed E-state index contributed by atoms with van der Waals surface area (Å²) < 4.78 is 17.9. The fourth-order valence-electron chi connectivity index (χ4n) is 3.50. The summed E-state index contributed by atoms with van der Waals surface area (Å²) in [5, 5.41) is 14.7. The Kier molecular flexibility index (Phi) is 7.48. The van der Waals surface area contributed by atoms with E-state index in [2.05, 4.69) is 18.3 Å². The van der Waals surface area contributed by atoms with Crippen molar-refractivity contribution in [2.75, 3.05) is 46.5 Å². The summed E-state index contributed by atoms with van der Waals surface area (Å²) in [4.78, 5) is 0. The molecule has 3 aromatic rings. The Morgan fingerprint density at radius 1 is 1.17 bits per heavy atom. The molecule has 0 radical (unpaired) electrons. The van der Waals surface area contributed by atoms with Crippen LogP contribution in [0.15, 0.2) is 53.1 Å². The smallest absolute Gasteiger partial charge is 0.167 e. The minimum atomic E-state index is 0. The highest BCUT2D eigenvalue weighted by Crippen LogP contribution is 2.28. The van der Waals surface area contributed by atoms with Crippen molar-refractivity contribution in [3.8, 4) is 11.8 Å². The maximum Gasteiger partial charge on any atom is 0.167 e. The normalized spacial score (nSPS) is 15.9. The molecule has 1 fully saturated rings. The van der Waals surface area contributed by atoms with Gasteiger partial charge in [0.25, 0.3) is 0 Å². The molecule has 0 saturated carbocycles. The van der Waals surface area contributed by atoms with Gasteiger partial charge in [0.15, 0.2) is 5.58 Å². The van der Waals surface area contributed by atoms with Crippen LogP contribution in [-0.4, -0.2) is 56.1 Å². The molecule has 0 bridgehead atoms. The monoisotopic (exact) mass is 517 g/mol. The first-order chi connectivity index (χ1) is 14.2. The lowest BCUT2D eigenvalue weighted by atomic mass is 10.1. The van der Waals surface area contributed by atoms with E-state index in [0.717, 1.165) is 54.0 Å². The summed E-state index contributed by atoms with van der Waals surface area (Å²) in [6, 6.07) is 17.5. The van der Waals surface area contributed by atoms with Gasteiger partial charge in [-0.1, -0.05) is 35.5 Å². The van der Waals surface area contributed by atoms with Crippen molar-refractivity contribution < 1.29 is 42.5 Å². The van der Waals surface area contributed by atoms with Gasteiger partial charge in [-0.05, 0) is 24.3 Å². The Balaban J connectivity index is 0.00000256. The number of nitrogens with zero attached hydrogens (tertiary/aromatic N) is 3. The Hall–Kier alpha value is -2.41. The van der Waals surface area contributed by atoms with E-state index in [1.165, 1.54) is 0 Å². The number of likely N-dealkylation sites (N-methyl/N-ethyl adjacent to an activating group) is 1. The number of benzene rings is 2. The largest absolute Gasteiger partial charge is 1.00 e. The molecular formula is C23H24IN3O3. The van der Waals surface area contributed by atoms with Crippen LogP contribution in [0.25, 0.3) is 22.6 Å². The number of aromatic nitrogens is 1. The fraction of sp³-hybridized carbons (Fsp3) is 0.304. The molecule has 0 aliphatic carbocycles. The third-order valence-electron chi connectivity index (χ3n) is 5.41. The summed E-state index contributed by atoms with van der Waals surface area (Å²) in [6.07, 6.45) is 1.81. The lowest BCUT2D eigenvalue weighted by Crippen LogP contribution is -3.00. The van der Waals surface area contributed by atoms with E-state index >= 15 is 0 Å². The van der Waals surface area contributed by atoms with Crippen molar-refractivity contribution in [2.24, 2.45) is 0 Å². The lowest BCUT2D eigenvalue weighted by Gasteiger charge is -2.37. The maximum absolute atomic E-state index is 9.73. The maximum atomic E-state index is 9.73. The number of fused-ring (bicyclic) bond motifs is 1. The number of hydrogen-bond acceptors (Lipinski definition) is 5. The summed E-state index contributed by atoms with van der Waals surface area (Å²) in [7, 11) is 2.24. The number of rotatable bonds is 6. The van der Waals surface area contributed by atoms with E-state index < -0.39 is 0 Å². The van der Waals surface area contributed by atoms with E-state index in [1.807, 2.05) is 54.6 Å². The molecule has 4 rings (SSSR count). The molecule has 2 aromatic carbocycles. The second kappa shape index (κ2) is 10.1. The second-order valence-electron chi connectivity index (χ2n) is 7.49. The number of nitriles is 1. The summed E-state index contributed by atoms with van der Waals surface area (Å²) >= 11 is 0. The third-order valence-corrected chi connectivity index (χ3v) is 5.41. The van der Waals surface area contributed by atoms with Crippen LogP contribution in [0.4, 0.5) is 0 Å². The van der Waals surface area contributed by atoms with Gasteiger partial charge in [0.05, 0.1) is 31.2 Å². The van der Waals surface area contributed by atoms with Crippen molar-refractivity contribution in [2.45, 2.75) is 0 Å². The molecule has 1 saturated heterocycles. The summed E-state index contributed by atoms with van der Waals surface area (Å²) in [5.74, 6) is 0.757. The molecule has 156 valence electrons. The topological polar surface area (TPSA) is 68.3 Å². The highest BCUT2D eigenvalue weighted by atomic mass is 127. The van der Waals surface area contributed by atoms with Gasteiger partial charge < -0.3 is 42.5 Å². The molecule has 6 nitrogen and oxygen atoms in total. The number of quaternary nitrogens is 1. The molecule has 0 atom stereocenters. The Labute approximate surface area is 193 Å². The third kappa shape index (κ3) is 5.01. The first-order valence-corrected chi connectivity index (χ1v) is 9.78. The van der Waals surface area contributed by atoms with Gasteiger partial charge in [0, 0.05) is 5.56 Å².